The number of nitrogens with zero attached hydrogens (tertiary/aromatic N) is 3. The Labute approximate surface area is 249 Å². The molecule has 1 N–H and O–H groups in total. The van der Waals surface area contributed by atoms with Gasteiger partial charge in [-0.05, 0) is 54.1 Å². The molecule has 2 aliphatic rings. The Morgan fingerprint density at radius 2 is 1.79 bits per heavy atom. The van der Waals surface area contributed by atoms with Crippen LogP contribution in [0.3, 0.4) is 0 Å². The zero-order valence-corrected chi connectivity index (χ0v) is 23.6. The Kier molecular flexibility index (Phi) is 7.19. The second-order valence-corrected chi connectivity index (χ2v) is 12.1. The summed E-state index contributed by atoms with van der Waals surface area (Å²) in [6, 6.07) is 13.8. The molecule has 2 aliphatic heterocycles. The number of amides is 3. The van der Waals surface area contributed by atoms with Crippen molar-refractivity contribution in [2.75, 3.05) is 10.2 Å². The van der Waals surface area contributed by atoms with Crippen molar-refractivity contribution >= 4 is 63.8 Å². The molecular weight excluding hydrogens is 613 g/mol. The highest BCUT2D eigenvalue weighted by Gasteiger charge is 2.57. The van der Waals surface area contributed by atoms with Gasteiger partial charge in [-0.2, -0.15) is 13.2 Å². The number of aromatic nitrogens is 2. The summed E-state index contributed by atoms with van der Waals surface area (Å²) in [6.07, 6.45) is -1.62. The number of carbonyl (C=O) groups excluding carboxylic acids is 3. The molecule has 2 aromatic heterocycles. The summed E-state index contributed by atoms with van der Waals surface area (Å²) in [5.41, 5.74) is -0.162. The summed E-state index contributed by atoms with van der Waals surface area (Å²) < 4.78 is 41.6. The highest BCUT2D eigenvalue weighted by atomic mass is 35.5. The maximum absolute atomic E-state index is 13.8. The van der Waals surface area contributed by atoms with Crippen LogP contribution in [0.4, 0.5) is 24.5 Å². The van der Waals surface area contributed by atoms with Crippen LogP contribution in [-0.4, -0.2) is 32.5 Å². The summed E-state index contributed by atoms with van der Waals surface area (Å²) >= 11 is 7.72. The molecule has 4 heterocycles. The lowest BCUT2D eigenvalue weighted by molar-refractivity contribution is -0.137. The fourth-order valence-corrected chi connectivity index (χ4v) is 8.03. The van der Waals surface area contributed by atoms with Gasteiger partial charge in [0.15, 0.2) is 0 Å². The Hall–Kier alpha value is -3.94. The first-order valence-corrected chi connectivity index (χ1v) is 14.5. The molecule has 3 atom stereocenters. The maximum Gasteiger partial charge on any atom is 0.416 e. The summed E-state index contributed by atoms with van der Waals surface area (Å²) in [7, 11) is 0. The number of pyridine rings is 1. The third kappa shape index (κ3) is 5.01. The molecule has 8 nitrogen and oxygen atoms in total. The number of thiazole rings is 1. The van der Waals surface area contributed by atoms with Crippen molar-refractivity contribution in [1.29, 1.82) is 0 Å². The number of nitrogens with one attached hydrogen (secondary N) is 1. The highest BCUT2D eigenvalue weighted by Crippen LogP contribution is 2.54. The molecule has 4 aromatic rings. The van der Waals surface area contributed by atoms with Crippen molar-refractivity contribution in [3.8, 4) is 0 Å². The lowest BCUT2D eigenvalue weighted by atomic mass is 9.84. The van der Waals surface area contributed by atoms with Crippen LogP contribution in [0.2, 0.25) is 5.02 Å². The number of imide groups is 1. The van der Waals surface area contributed by atoms with Gasteiger partial charge in [0, 0.05) is 33.9 Å². The lowest BCUT2D eigenvalue weighted by Gasteiger charge is -2.30. The van der Waals surface area contributed by atoms with Crippen molar-refractivity contribution in [2.45, 2.75) is 28.9 Å². The van der Waals surface area contributed by atoms with Crippen LogP contribution < -0.4 is 15.1 Å². The van der Waals surface area contributed by atoms with Gasteiger partial charge < -0.3 is 5.32 Å². The lowest BCUT2D eigenvalue weighted by Crippen LogP contribution is -2.33. The van der Waals surface area contributed by atoms with E-state index in [1.54, 1.807) is 36.4 Å². The zero-order valence-electron chi connectivity index (χ0n) is 21.2. The molecule has 42 heavy (non-hydrogen) atoms. The third-order valence-corrected chi connectivity index (χ3v) is 9.81. The van der Waals surface area contributed by atoms with E-state index < -0.39 is 51.4 Å². The Morgan fingerprint density at radius 3 is 2.48 bits per heavy atom. The van der Waals surface area contributed by atoms with Crippen molar-refractivity contribution < 1.29 is 27.6 Å². The first-order valence-electron chi connectivity index (χ1n) is 12.4. The SMILES string of the molecule is O=C(Cn1c2c(sc1=O)[C@@H](c1cccnc1)[C@@H]1C(=O)N(c3cccc(C(F)(F)F)c3)C(=O)[C@@H]1S2)Nc1ccc(Cl)cc1. The third-order valence-electron chi connectivity index (χ3n) is 6.95. The van der Waals surface area contributed by atoms with Gasteiger partial charge in [-0.15, -0.1) is 0 Å². The molecule has 0 saturated carbocycles. The fraction of sp³-hybridized carbons (Fsp3) is 0.179. The van der Waals surface area contributed by atoms with Crippen LogP contribution in [0.5, 0.6) is 0 Å². The number of fused-ring (bicyclic) bond motifs is 2. The topological polar surface area (TPSA) is 101 Å². The van der Waals surface area contributed by atoms with Gasteiger partial charge >= 0.3 is 11.0 Å². The monoisotopic (exact) mass is 630 g/mol. The van der Waals surface area contributed by atoms with E-state index in [0.29, 0.717) is 26.2 Å². The Morgan fingerprint density at radius 1 is 1.02 bits per heavy atom. The predicted molar refractivity (Wildman–Crippen MR) is 152 cm³/mol. The number of benzene rings is 2. The van der Waals surface area contributed by atoms with E-state index in [1.165, 1.54) is 23.0 Å². The van der Waals surface area contributed by atoms with E-state index in [9.17, 15) is 32.3 Å². The van der Waals surface area contributed by atoms with E-state index in [2.05, 4.69) is 10.3 Å². The molecule has 0 unspecified atom stereocenters. The smallest absolute Gasteiger partial charge is 0.325 e. The van der Waals surface area contributed by atoms with Gasteiger partial charge in [-0.25, -0.2) is 4.90 Å². The highest BCUT2D eigenvalue weighted by molar-refractivity contribution is 8.00. The van der Waals surface area contributed by atoms with Crippen LogP contribution in [0, 0.1) is 5.92 Å². The second-order valence-electron chi connectivity index (χ2n) is 9.57. The van der Waals surface area contributed by atoms with Gasteiger partial charge in [0.2, 0.25) is 17.7 Å². The molecule has 6 rings (SSSR count). The molecule has 0 bridgehead atoms. The number of thioether (sulfide) groups is 1. The van der Waals surface area contributed by atoms with Crippen LogP contribution in [0.15, 0.2) is 82.9 Å². The molecule has 1 saturated heterocycles. The predicted octanol–water partition coefficient (Wildman–Crippen LogP) is 5.41. The first kappa shape index (κ1) is 28.2. The van der Waals surface area contributed by atoms with Gasteiger partial charge in [0.05, 0.1) is 22.2 Å². The summed E-state index contributed by atoms with van der Waals surface area (Å²) in [4.78, 5) is 58.6. The average Bonchev–Trinajstić information content (AvgIpc) is 3.40. The Bertz CT molecular complexity index is 1780. The van der Waals surface area contributed by atoms with E-state index in [1.807, 2.05) is 0 Å². The molecule has 14 heteroatoms. The van der Waals surface area contributed by atoms with Gasteiger partial charge in [0.1, 0.15) is 11.8 Å². The van der Waals surface area contributed by atoms with Crippen molar-refractivity contribution in [3.63, 3.8) is 0 Å². The Balaban J connectivity index is 1.39. The largest absolute Gasteiger partial charge is 0.416 e. The maximum atomic E-state index is 13.8. The van der Waals surface area contributed by atoms with E-state index in [0.717, 1.165) is 46.2 Å². The standard InChI is InChI=1S/C28H18ClF3N4O4S2/c29-16-6-8-17(9-7-16)34-19(37)13-35-26-23(42-27(35)40)20(14-3-2-10-33-12-14)21-22(41-26)25(39)36(24(21)38)18-5-1-4-15(11-18)28(30,31)32/h1-12,20-22H,13H2,(H,34,37)/t20-,21-,22+/m0/s1. The van der Waals surface area contributed by atoms with Crippen molar-refractivity contribution in [2.24, 2.45) is 5.92 Å². The van der Waals surface area contributed by atoms with Gasteiger partial charge in [0.25, 0.3) is 0 Å². The number of hydrogen-bond acceptors (Lipinski definition) is 7. The van der Waals surface area contributed by atoms with E-state index >= 15 is 0 Å². The van der Waals surface area contributed by atoms with Crippen molar-refractivity contribution in [1.82, 2.24) is 9.55 Å². The number of alkyl halides is 3. The molecule has 0 radical (unpaired) electrons. The number of carbonyl (C=O) groups is 3. The minimum absolute atomic E-state index is 0.192. The number of hydrogen-bond donors (Lipinski definition) is 1. The fourth-order valence-electron chi connectivity index (χ4n) is 5.13. The quantitative estimate of drug-likeness (QED) is 0.296. The van der Waals surface area contributed by atoms with Crippen LogP contribution in [0.25, 0.3) is 0 Å². The van der Waals surface area contributed by atoms with Gasteiger partial charge in [-0.3, -0.25) is 28.7 Å². The van der Waals surface area contributed by atoms with E-state index in [4.69, 9.17) is 11.6 Å². The van der Waals surface area contributed by atoms with E-state index in [-0.39, 0.29) is 12.2 Å². The summed E-state index contributed by atoms with van der Waals surface area (Å²) in [5.74, 6) is -3.68. The van der Waals surface area contributed by atoms with Crippen molar-refractivity contribution in [3.05, 3.63) is 104 Å². The molecule has 214 valence electrons. The molecule has 1 fully saturated rings. The molecule has 0 aliphatic carbocycles. The minimum Gasteiger partial charge on any atom is -0.325 e. The molecule has 0 spiro atoms. The first-order chi connectivity index (χ1) is 20.0. The van der Waals surface area contributed by atoms with Gasteiger partial charge in [-0.1, -0.05) is 46.8 Å². The zero-order chi connectivity index (χ0) is 29.8. The number of rotatable bonds is 5. The average molecular weight is 631 g/mol. The molecule has 3 amide bonds. The molecule has 2 aromatic carbocycles. The number of halogens is 4. The minimum atomic E-state index is -4.67. The molecular formula is C28H18ClF3N4O4S2. The van der Waals surface area contributed by atoms with Crippen LogP contribution in [0.1, 0.15) is 21.9 Å². The van der Waals surface area contributed by atoms with Crippen LogP contribution in [-0.2, 0) is 27.1 Å². The second kappa shape index (κ2) is 10.7. The number of anilines is 2. The summed E-state index contributed by atoms with van der Waals surface area (Å²) in [5, 5.41) is 2.48. The normalized spacial score (nSPS) is 19.9. The summed E-state index contributed by atoms with van der Waals surface area (Å²) in [6.45, 7) is -0.364. The van der Waals surface area contributed by atoms with Crippen LogP contribution >= 0.6 is 34.7 Å².